The van der Waals surface area contributed by atoms with Gasteiger partial charge in [-0.15, -0.1) is 0 Å². The van der Waals surface area contributed by atoms with Crippen molar-refractivity contribution in [2.45, 2.75) is 26.8 Å². The molecule has 2 aromatic rings. The Balaban J connectivity index is 1.77. The molecule has 3 rings (SSSR count). The van der Waals surface area contributed by atoms with Gasteiger partial charge in [-0.1, -0.05) is 0 Å². The fourth-order valence-electron chi connectivity index (χ4n) is 3.68. The topological polar surface area (TPSA) is 113 Å². The highest BCUT2D eigenvalue weighted by molar-refractivity contribution is 6.12. The van der Waals surface area contributed by atoms with Crippen LogP contribution in [0.3, 0.4) is 0 Å². The van der Waals surface area contributed by atoms with E-state index >= 15 is 0 Å². The predicted molar refractivity (Wildman–Crippen MR) is 119 cm³/mol. The first kappa shape index (κ1) is 23.4. The number of ether oxygens (including phenoxy) is 3. The summed E-state index contributed by atoms with van der Waals surface area (Å²) in [4.78, 5) is 44.2. The zero-order valence-electron chi connectivity index (χ0n) is 18.9. The molecule has 1 saturated heterocycles. The van der Waals surface area contributed by atoms with Crippen molar-refractivity contribution in [3.05, 3.63) is 23.9 Å². The highest BCUT2D eigenvalue weighted by Gasteiger charge is 2.29. The van der Waals surface area contributed by atoms with E-state index in [1.165, 1.54) is 0 Å². The Kier molecular flexibility index (Phi) is 7.57. The molecule has 0 spiro atoms. The molecule has 0 unspecified atom stereocenters. The van der Waals surface area contributed by atoms with Gasteiger partial charge in [0, 0.05) is 37.1 Å². The summed E-state index contributed by atoms with van der Waals surface area (Å²) in [7, 11) is 1.55. The molecule has 10 heteroatoms. The zero-order valence-corrected chi connectivity index (χ0v) is 18.9. The molecule has 2 heterocycles. The van der Waals surface area contributed by atoms with Gasteiger partial charge in [-0.3, -0.25) is 9.69 Å². The summed E-state index contributed by atoms with van der Waals surface area (Å²) in [5.41, 5.74) is 1.22. The Hall–Kier alpha value is -3.27. The number of fused-ring (bicyclic) bond motifs is 1. The van der Waals surface area contributed by atoms with Crippen LogP contribution < -0.4 is 10.1 Å². The molecular weight excluding hydrogens is 416 g/mol. The summed E-state index contributed by atoms with van der Waals surface area (Å²) in [6.07, 6.45) is -0.337. The Morgan fingerprint density at radius 1 is 1.09 bits per heavy atom. The Morgan fingerprint density at radius 2 is 1.78 bits per heavy atom. The number of methoxy groups -OCH3 is 1. The highest BCUT2D eigenvalue weighted by atomic mass is 16.6. The highest BCUT2D eigenvalue weighted by Crippen LogP contribution is 2.32. The third-order valence-electron chi connectivity index (χ3n) is 5.50. The number of nitrogens with zero attached hydrogens (tertiary/aromatic N) is 2. The van der Waals surface area contributed by atoms with Gasteiger partial charge >= 0.3 is 12.1 Å². The van der Waals surface area contributed by atoms with E-state index in [0.717, 1.165) is 0 Å². The van der Waals surface area contributed by atoms with E-state index in [1.807, 2.05) is 4.90 Å². The van der Waals surface area contributed by atoms with E-state index < -0.39 is 12.0 Å². The lowest BCUT2D eigenvalue weighted by Gasteiger charge is -2.36. The number of nitrogens with one attached hydrogen (secondary N) is 2. The molecule has 174 valence electrons. The van der Waals surface area contributed by atoms with E-state index in [1.54, 1.807) is 51.0 Å². The summed E-state index contributed by atoms with van der Waals surface area (Å²) in [6.45, 7) is 7.88. The van der Waals surface area contributed by atoms with Crippen LogP contribution in [0.1, 0.15) is 31.3 Å². The maximum Gasteiger partial charge on any atom is 0.409 e. The van der Waals surface area contributed by atoms with Crippen molar-refractivity contribution in [3.63, 3.8) is 0 Å². The van der Waals surface area contributed by atoms with Gasteiger partial charge in [0.25, 0.3) is 0 Å². The van der Waals surface area contributed by atoms with E-state index in [9.17, 15) is 14.4 Å². The van der Waals surface area contributed by atoms with Gasteiger partial charge in [-0.05, 0) is 39.0 Å². The molecular formula is C22H30N4O6. The second-order valence-electron chi connectivity index (χ2n) is 7.39. The van der Waals surface area contributed by atoms with Gasteiger partial charge in [0.05, 0.1) is 32.1 Å². The average Bonchev–Trinajstić information content (AvgIpc) is 3.16. The number of carbonyl (C=O) groups excluding carboxylic acids is 3. The molecule has 0 bridgehead atoms. The van der Waals surface area contributed by atoms with E-state index in [2.05, 4.69) is 10.3 Å². The molecule has 32 heavy (non-hydrogen) atoms. The lowest BCUT2D eigenvalue weighted by Crippen LogP contribution is -2.54. The second-order valence-corrected chi connectivity index (χ2v) is 7.39. The molecule has 1 aliphatic heterocycles. The number of benzene rings is 1. The summed E-state index contributed by atoms with van der Waals surface area (Å²) in [5.74, 6) is -0.205. The fourth-order valence-corrected chi connectivity index (χ4v) is 3.68. The van der Waals surface area contributed by atoms with Gasteiger partial charge < -0.3 is 29.4 Å². The number of carbonyl (C=O) groups is 3. The largest absolute Gasteiger partial charge is 0.497 e. The number of aromatic nitrogens is 1. The maximum atomic E-state index is 13.1. The van der Waals surface area contributed by atoms with Crippen LogP contribution in [0.2, 0.25) is 0 Å². The van der Waals surface area contributed by atoms with E-state index in [-0.39, 0.29) is 24.3 Å². The van der Waals surface area contributed by atoms with E-state index in [0.29, 0.717) is 55.1 Å². The van der Waals surface area contributed by atoms with Gasteiger partial charge in [0.2, 0.25) is 5.91 Å². The standard InChI is InChI=1S/C22H30N4O6/c1-5-31-21(28)19-18(16-13-15(30-4)7-8-17(16)23-19)24-20(27)14(3)25-9-11-26(12-10-25)22(29)32-6-2/h7-8,13-14,23H,5-6,9-12H2,1-4H3,(H,24,27)/t14-/m1/s1. The minimum Gasteiger partial charge on any atom is -0.497 e. The molecule has 1 atom stereocenters. The van der Waals surface area contributed by atoms with Crippen molar-refractivity contribution < 1.29 is 28.6 Å². The molecule has 2 N–H and O–H groups in total. The number of rotatable bonds is 7. The lowest BCUT2D eigenvalue weighted by atomic mass is 10.1. The number of H-pyrrole nitrogens is 1. The van der Waals surface area contributed by atoms with Crippen LogP contribution in [0.5, 0.6) is 5.75 Å². The number of piperazine rings is 1. The Morgan fingerprint density at radius 3 is 2.41 bits per heavy atom. The summed E-state index contributed by atoms with van der Waals surface area (Å²) < 4.78 is 15.5. The summed E-state index contributed by atoms with van der Waals surface area (Å²) in [6, 6.07) is 4.84. The van der Waals surface area contributed by atoms with Crippen LogP contribution in [0.15, 0.2) is 18.2 Å². The minimum absolute atomic E-state index is 0.183. The third kappa shape index (κ3) is 4.96. The first-order valence-corrected chi connectivity index (χ1v) is 10.7. The number of aromatic amines is 1. The van der Waals surface area contributed by atoms with Crippen LogP contribution >= 0.6 is 0 Å². The quantitative estimate of drug-likeness (QED) is 0.628. The number of anilines is 1. The predicted octanol–water partition coefficient (Wildman–Crippen LogP) is 2.45. The normalized spacial score (nSPS) is 15.3. The monoisotopic (exact) mass is 446 g/mol. The third-order valence-corrected chi connectivity index (χ3v) is 5.50. The zero-order chi connectivity index (χ0) is 23.3. The number of hydrogen-bond acceptors (Lipinski definition) is 7. The lowest BCUT2D eigenvalue weighted by molar-refractivity contribution is -0.121. The van der Waals surface area contributed by atoms with Crippen molar-refractivity contribution in [1.29, 1.82) is 0 Å². The molecule has 0 saturated carbocycles. The first-order chi connectivity index (χ1) is 15.4. The van der Waals surface area contributed by atoms with Crippen LogP contribution in [0.25, 0.3) is 10.9 Å². The van der Waals surface area contributed by atoms with Crippen molar-refractivity contribution in [2.24, 2.45) is 0 Å². The van der Waals surface area contributed by atoms with Crippen molar-refractivity contribution in [1.82, 2.24) is 14.8 Å². The van der Waals surface area contributed by atoms with Gasteiger partial charge in [-0.25, -0.2) is 9.59 Å². The van der Waals surface area contributed by atoms with Gasteiger partial charge in [0.1, 0.15) is 11.4 Å². The molecule has 10 nitrogen and oxygen atoms in total. The van der Waals surface area contributed by atoms with Gasteiger partial charge in [-0.2, -0.15) is 0 Å². The van der Waals surface area contributed by atoms with E-state index in [4.69, 9.17) is 14.2 Å². The summed E-state index contributed by atoms with van der Waals surface area (Å²) >= 11 is 0. The molecule has 2 amide bonds. The van der Waals surface area contributed by atoms with Crippen molar-refractivity contribution in [2.75, 3.05) is 51.8 Å². The van der Waals surface area contributed by atoms with Crippen LogP contribution in [0.4, 0.5) is 10.5 Å². The minimum atomic E-state index is -0.548. The molecule has 1 aromatic carbocycles. The fraction of sp³-hybridized carbons (Fsp3) is 0.500. The van der Waals surface area contributed by atoms with Crippen molar-refractivity contribution in [3.8, 4) is 5.75 Å². The maximum absolute atomic E-state index is 13.1. The smallest absolute Gasteiger partial charge is 0.409 e. The second kappa shape index (κ2) is 10.4. The number of hydrogen-bond donors (Lipinski definition) is 2. The van der Waals surface area contributed by atoms with Crippen LogP contribution in [0, 0.1) is 0 Å². The number of amides is 2. The van der Waals surface area contributed by atoms with Crippen LogP contribution in [-0.2, 0) is 14.3 Å². The van der Waals surface area contributed by atoms with Gasteiger partial charge in [0.15, 0.2) is 0 Å². The first-order valence-electron chi connectivity index (χ1n) is 10.7. The summed E-state index contributed by atoms with van der Waals surface area (Å²) in [5, 5.41) is 3.55. The van der Waals surface area contributed by atoms with Crippen molar-refractivity contribution >= 4 is 34.6 Å². The average molecular weight is 447 g/mol. The Labute approximate surface area is 186 Å². The molecule has 0 radical (unpaired) electrons. The molecule has 1 aromatic heterocycles. The number of esters is 1. The SMILES string of the molecule is CCOC(=O)c1[nH]c2ccc(OC)cc2c1NC(=O)[C@@H](C)N1CCN(C(=O)OCC)CC1. The molecule has 1 aliphatic rings. The molecule has 0 aliphatic carbocycles. The Bertz CT molecular complexity index is 980. The molecule has 1 fully saturated rings. The van der Waals surface area contributed by atoms with Crippen LogP contribution in [-0.4, -0.2) is 85.3 Å².